The molecule has 0 atom stereocenters. The number of piperazine rings is 1. The van der Waals surface area contributed by atoms with Gasteiger partial charge in [-0.3, -0.25) is 4.90 Å². The Kier molecular flexibility index (Phi) is 5.04. The second-order valence-electron chi connectivity index (χ2n) is 6.92. The van der Waals surface area contributed by atoms with Crippen molar-refractivity contribution >= 4 is 10.0 Å². The molecule has 1 aliphatic rings. The molecule has 1 fully saturated rings. The molecule has 136 valence electrons. The molecule has 1 aromatic heterocycles. The van der Waals surface area contributed by atoms with Crippen LogP contribution in [-0.4, -0.2) is 43.8 Å². The first-order valence-corrected chi connectivity index (χ1v) is 10.1. The molecule has 0 spiro atoms. The molecule has 2 aromatic rings. The summed E-state index contributed by atoms with van der Waals surface area (Å²) in [4.78, 5) is 2.70. The van der Waals surface area contributed by atoms with Gasteiger partial charge in [-0.2, -0.15) is 4.31 Å². The molecule has 2 heterocycles. The van der Waals surface area contributed by atoms with Crippen LogP contribution in [0.5, 0.6) is 0 Å². The highest BCUT2D eigenvalue weighted by Gasteiger charge is 2.31. The Balaban J connectivity index is 1.71. The van der Waals surface area contributed by atoms with Crippen LogP contribution in [0.15, 0.2) is 33.6 Å². The van der Waals surface area contributed by atoms with Gasteiger partial charge >= 0.3 is 0 Å². The number of rotatable bonds is 4. The van der Waals surface area contributed by atoms with E-state index in [2.05, 4.69) is 4.90 Å². The second kappa shape index (κ2) is 6.94. The van der Waals surface area contributed by atoms with Gasteiger partial charge < -0.3 is 4.42 Å². The molecular formula is C19H26N2O3S. The maximum absolute atomic E-state index is 13.1. The first-order chi connectivity index (χ1) is 11.8. The van der Waals surface area contributed by atoms with Crippen LogP contribution in [0.4, 0.5) is 0 Å². The number of furan rings is 1. The molecule has 0 radical (unpaired) electrons. The first kappa shape index (κ1) is 18.2. The van der Waals surface area contributed by atoms with Gasteiger partial charge in [-0.1, -0.05) is 17.7 Å². The maximum Gasteiger partial charge on any atom is 0.243 e. The Labute approximate surface area is 150 Å². The molecule has 5 nitrogen and oxygen atoms in total. The van der Waals surface area contributed by atoms with Crippen molar-refractivity contribution in [1.82, 2.24) is 9.21 Å². The van der Waals surface area contributed by atoms with Crippen molar-refractivity contribution in [2.45, 2.75) is 39.1 Å². The lowest BCUT2D eigenvalue weighted by molar-refractivity contribution is 0.170. The molecule has 25 heavy (non-hydrogen) atoms. The highest BCUT2D eigenvalue weighted by atomic mass is 32.2. The molecule has 6 heteroatoms. The molecule has 0 aliphatic carbocycles. The van der Waals surface area contributed by atoms with E-state index in [1.807, 2.05) is 52.0 Å². The van der Waals surface area contributed by atoms with E-state index in [4.69, 9.17) is 4.42 Å². The van der Waals surface area contributed by atoms with Gasteiger partial charge in [0.05, 0.1) is 11.4 Å². The van der Waals surface area contributed by atoms with Crippen LogP contribution in [0, 0.1) is 27.7 Å². The minimum Gasteiger partial charge on any atom is -0.465 e. The van der Waals surface area contributed by atoms with Crippen LogP contribution in [0.3, 0.4) is 0 Å². The third-order valence-corrected chi connectivity index (χ3v) is 6.91. The minimum atomic E-state index is -3.45. The summed E-state index contributed by atoms with van der Waals surface area (Å²) in [7, 11) is -3.45. The van der Waals surface area contributed by atoms with Crippen molar-refractivity contribution in [1.29, 1.82) is 0 Å². The SMILES string of the molecule is Cc1cc(C)c(S(=O)(=O)N2CCN(Cc3ccc(C)o3)CC2)c(C)c1. The third-order valence-electron chi connectivity index (χ3n) is 4.71. The Morgan fingerprint density at radius 1 is 0.960 bits per heavy atom. The molecule has 0 bridgehead atoms. The smallest absolute Gasteiger partial charge is 0.243 e. The van der Waals surface area contributed by atoms with E-state index in [0.717, 1.165) is 34.8 Å². The lowest BCUT2D eigenvalue weighted by Gasteiger charge is -2.34. The monoisotopic (exact) mass is 362 g/mol. The Bertz CT molecular complexity index is 840. The number of aryl methyl sites for hydroxylation is 4. The van der Waals surface area contributed by atoms with Gasteiger partial charge in [0.1, 0.15) is 11.5 Å². The molecule has 1 aromatic carbocycles. The summed E-state index contributed by atoms with van der Waals surface area (Å²) in [5, 5.41) is 0. The van der Waals surface area contributed by atoms with E-state index in [9.17, 15) is 8.42 Å². The van der Waals surface area contributed by atoms with Crippen LogP contribution in [-0.2, 0) is 16.6 Å². The Morgan fingerprint density at radius 2 is 1.56 bits per heavy atom. The normalized spacial score (nSPS) is 17.1. The molecule has 3 rings (SSSR count). The summed E-state index contributed by atoms with van der Waals surface area (Å²) in [6.07, 6.45) is 0. The van der Waals surface area contributed by atoms with Crippen LogP contribution in [0.2, 0.25) is 0 Å². The summed E-state index contributed by atoms with van der Waals surface area (Å²) >= 11 is 0. The van der Waals surface area contributed by atoms with E-state index in [-0.39, 0.29) is 0 Å². The fraction of sp³-hybridized carbons (Fsp3) is 0.474. The van der Waals surface area contributed by atoms with E-state index in [1.54, 1.807) is 4.31 Å². The van der Waals surface area contributed by atoms with Crippen molar-refractivity contribution < 1.29 is 12.8 Å². The van der Waals surface area contributed by atoms with Gasteiger partial charge in [-0.25, -0.2) is 8.42 Å². The molecule has 1 aliphatic heterocycles. The quantitative estimate of drug-likeness (QED) is 0.839. The largest absolute Gasteiger partial charge is 0.465 e. The maximum atomic E-state index is 13.1. The zero-order chi connectivity index (χ0) is 18.2. The summed E-state index contributed by atoms with van der Waals surface area (Å²) in [6.45, 7) is 10.8. The van der Waals surface area contributed by atoms with Gasteiger partial charge in [0, 0.05) is 26.2 Å². The average Bonchev–Trinajstić information content (AvgIpc) is 2.91. The van der Waals surface area contributed by atoms with Crippen molar-refractivity contribution in [2.75, 3.05) is 26.2 Å². The number of sulfonamides is 1. The predicted molar refractivity (Wildman–Crippen MR) is 98.1 cm³/mol. The number of benzene rings is 1. The first-order valence-electron chi connectivity index (χ1n) is 8.63. The zero-order valence-corrected chi connectivity index (χ0v) is 16.2. The third kappa shape index (κ3) is 3.81. The van der Waals surface area contributed by atoms with E-state index in [0.29, 0.717) is 31.1 Å². The van der Waals surface area contributed by atoms with E-state index < -0.39 is 10.0 Å². The molecule has 0 amide bonds. The van der Waals surface area contributed by atoms with Crippen molar-refractivity contribution in [3.8, 4) is 0 Å². The highest BCUT2D eigenvalue weighted by molar-refractivity contribution is 7.89. The zero-order valence-electron chi connectivity index (χ0n) is 15.4. The van der Waals surface area contributed by atoms with Crippen LogP contribution < -0.4 is 0 Å². The van der Waals surface area contributed by atoms with Gasteiger partial charge in [0.15, 0.2) is 0 Å². The average molecular weight is 362 g/mol. The summed E-state index contributed by atoms with van der Waals surface area (Å²) in [5.41, 5.74) is 2.74. The predicted octanol–water partition coefficient (Wildman–Crippen LogP) is 3.02. The molecular weight excluding hydrogens is 336 g/mol. The highest BCUT2D eigenvalue weighted by Crippen LogP contribution is 2.26. The number of nitrogens with zero attached hydrogens (tertiary/aromatic N) is 2. The lowest BCUT2D eigenvalue weighted by atomic mass is 10.1. The van der Waals surface area contributed by atoms with Crippen molar-refractivity contribution in [3.05, 3.63) is 52.5 Å². The molecule has 0 unspecified atom stereocenters. The van der Waals surface area contributed by atoms with Crippen molar-refractivity contribution in [3.63, 3.8) is 0 Å². The minimum absolute atomic E-state index is 0.466. The van der Waals surface area contributed by atoms with E-state index >= 15 is 0 Å². The van der Waals surface area contributed by atoms with Gasteiger partial charge in [-0.15, -0.1) is 0 Å². The standard InChI is InChI=1S/C19H26N2O3S/c1-14-11-15(2)19(16(3)12-14)25(22,23)21-9-7-20(8-10-21)13-18-6-5-17(4)24-18/h5-6,11-12H,7-10,13H2,1-4H3. The van der Waals surface area contributed by atoms with Crippen LogP contribution >= 0.6 is 0 Å². The molecule has 0 saturated carbocycles. The summed E-state index contributed by atoms with van der Waals surface area (Å²) in [5.74, 6) is 1.83. The Hall–Kier alpha value is -1.63. The van der Waals surface area contributed by atoms with Gasteiger partial charge in [-0.05, 0) is 51.0 Å². The lowest BCUT2D eigenvalue weighted by Crippen LogP contribution is -2.48. The van der Waals surface area contributed by atoms with E-state index in [1.165, 1.54) is 0 Å². The number of hydrogen-bond donors (Lipinski definition) is 0. The summed E-state index contributed by atoms with van der Waals surface area (Å²) < 4.78 is 33.4. The van der Waals surface area contributed by atoms with Gasteiger partial charge in [0.25, 0.3) is 0 Å². The van der Waals surface area contributed by atoms with Crippen LogP contribution in [0.1, 0.15) is 28.2 Å². The van der Waals surface area contributed by atoms with Crippen LogP contribution in [0.25, 0.3) is 0 Å². The summed E-state index contributed by atoms with van der Waals surface area (Å²) in [6, 6.07) is 7.82. The molecule has 1 saturated heterocycles. The fourth-order valence-electron chi connectivity index (χ4n) is 3.62. The second-order valence-corrected chi connectivity index (χ2v) is 8.80. The number of hydrogen-bond acceptors (Lipinski definition) is 4. The molecule has 0 N–H and O–H groups in total. The Morgan fingerprint density at radius 3 is 2.08 bits per heavy atom. The van der Waals surface area contributed by atoms with Gasteiger partial charge in [0.2, 0.25) is 10.0 Å². The van der Waals surface area contributed by atoms with Crippen molar-refractivity contribution in [2.24, 2.45) is 0 Å². The fourth-order valence-corrected chi connectivity index (χ4v) is 5.46. The topological polar surface area (TPSA) is 53.8 Å².